The molecule has 0 heterocycles. The van der Waals surface area contributed by atoms with E-state index in [2.05, 4.69) is 63.4 Å². The van der Waals surface area contributed by atoms with Crippen molar-refractivity contribution in [2.45, 2.75) is 13.8 Å². The van der Waals surface area contributed by atoms with Crippen LogP contribution in [0, 0.1) is 0 Å². The summed E-state index contributed by atoms with van der Waals surface area (Å²) in [6, 6.07) is 0. The van der Waals surface area contributed by atoms with E-state index in [0.717, 1.165) is 12.2 Å². The maximum Gasteiger partial charge on any atom is 0.472 e. The molecule has 18 heteroatoms. The van der Waals surface area contributed by atoms with Gasteiger partial charge in [-0.05, 0) is 13.8 Å². The lowest BCUT2D eigenvalue weighted by Crippen LogP contribution is -2.12. The maximum atomic E-state index is 11.4. The third-order valence-corrected chi connectivity index (χ3v) is 5.37. The number of hydrogen-bond donors (Lipinski definition) is 2. The number of phosphoric ester groups is 2. The van der Waals surface area contributed by atoms with Gasteiger partial charge in [0.2, 0.25) is 0 Å². The van der Waals surface area contributed by atoms with Gasteiger partial charge in [-0.2, -0.15) is 0 Å². The number of esters is 4. The van der Waals surface area contributed by atoms with Crippen molar-refractivity contribution < 1.29 is 75.1 Å². The second-order valence-electron chi connectivity index (χ2n) is 6.85. The van der Waals surface area contributed by atoms with E-state index < -0.39 is 39.5 Å². The Labute approximate surface area is 231 Å². The molecule has 0 spiro atoms. The second-order valence-corrected chi connectivity index (χ2v) is 9.75. The highest BCUT2D eigenvalue weighted by molar-refractivity contribution is 7.47. The van der Waals surface area contributed by atoms with Crippen molar-refractivity contribution in [2.24, 2.45) is 0 Å². The summed E-state index contributed by atoms with van der Waals surface area (Å²) >= 11 is 0. The Morgan fingerprint density at radius 1 is 0.575 bits per heavy atom. The minimum Gasteiger partial charge on any atom is -0.460 e. The fraction of sp³-hybridized carbons (Fsp3) is 0.455. The normalized spacial score (nSPS) is 10.7. The molecule has 0 unspecified atom stereocenters. The number of rotatable bonds is 20. The van der Waals surface area contributed by atoms with Crippen LogP contribution in [-0.2, 0) is 65.4 Å². The van der Waals surface area contributed by atoms with Crippen molar-refractivity contribution >= 4 is 39.5 Å². The predicted molar refractivity (Wildman–Crippen MR) is 137 cm³/mol. The molecule has 0 aromatic heterocycles. The van der Waals surface area contributed by atoms with Gasteiger partial charge in [-0.25, -0.2) is 28.3 Å². The lowest BCUT2D eigenvalue weighted by atomic mass is 10.4. The number of ether oxygens (including phenoxy) is 4. The highest BCUT2D eigenvalue weighted by atomic mass is 31.2. The van der Waals surface area contributed by atoms with Crippen molar-refractivity contribution in [3.63, 3.8) is 0 Å². The largest absolute Gasteiger partial charge is 0.472 e. The first-order valence-corrected chi connectivity index (χ1v) is 14.0. The van der Waals surface area contributed by atoms with Crippen LogP contribution >= 0.6 is 15.6 Å². The van der Waals surface area contributed by atoms with E-state index >= 15 is 0 Å². The summed E-state index contributed by atoms with van der Waals surface area (Å²) in [6.45, 7) is 13.8. The average molecular weight is 616 g/mol. The van der Waals surface area contributed by atoms with E-state index in [4.69, 9.17) is 4.89 Å². The van der Waals surface area contributed by atoms with Crippen LogP contribution in [-0.4, -0.2) is 86.5 Å². The molecule has 0 amide bonds. The van der Waals surface area contributed by atoms with Crippen LogP contribution in [0.5, 0.6) is 0 Å². The topological polar surface area (TPSA) is 217 Å². The number of hydrogen-bond acceptors (Lipinski definition) is 14. The number of carbonyl (C=O) groups excluding carboxylic acids is 4. The highest BCUT2D eigenvalue weighted by Gasteiger charge is 2.22. The summed E-state index contributed by atoms with van der Waals surface area (Å²) < 4.78 is 58.9. The van der Waals surface area contributed by atoms with Crippen molar-refractivity contribution in [1.82, 2.24) is 0 Å². The molecule has 0 radical (unpaired) electrons. The van der Waals surface area contributed by atoms with Gasteiger partial charge >= 0.3 is 39.5 Å². The van der Waals surface area contributed by atoms with Crippen molar-refractivity contribution in [3.05, 3.63) is 49.6 Å². The summed E-state index contributed by atoms with van der Waals surface area (Å²) in [5.74, 6) is -2.60. The Kier molecular flexibility index (Phi) is 21.4. The summed E-state index contributed by atoms with van der Waals surface area (Å²) in [6.07, 6.45) is 1.89. The molecule has 228 valence electrons. The van der Waals surface area contributed by atoms with Gasteiger partial charge in [-0.3, -0.25) is 18.1 Å². The minimum atomic E-state index is -4.29. The summed E-state index contributed by atoms with van der Waals surface area (Å²) in [7, 11) is -8.55. The molecule has 0 saturated carbocycles. The molecular weight excluding hydrogens is 582 g/mol. The Balaban J connectivity index is 0. The van der Waals surface area contributed by atoms with Crippen LogP contribution in [0.2, 0.25) is 0 Å². The van der Waals surface area contributed by atoms with Gasteiger partial charge in [-0.15, -0.1) is 0 Å². The molecule has 2 N–H and O–H groups in total. The van der Waals surface area contributed by atoms with Crippen LogP contribution in [0.3, 0.4) is 0 Å². The van der Waals surface area contributed by atoms with Gasteiger partial charge in [0.15, 0.2) is 0 Å². The molecule has 0 atom stereocenters. The van der Waals surface area contributed by atoms with Crippen LogP contribution in [0.15, 0.2) is 49.6 Å². The molecule has 40 heavy (non-hydrogen) atoms. The third kappa shape index (κ3) is 24.1. The fourth-order valence-electron chi connectivity index (χ4n) is 1.60. The van der Waals surface area contributed by atoms with E-state index in [9.17, 15) is 33.2 Å². The van der Waals surface area contributed by atoms with Crippen molar-refractivity contribution in [2.75, 3.05) is 52.9 Å². The quantitative estimate of drug-likeness (QED) is 0.0656. The van der Waals surface area contributed by atoms with Crippen LogP contribution in [0.4, 0.5) is 0 Å². The predicted octanol–water partition coefficient (Wildman–Crippen LogP) is 1.94. The summed E-state index contributed by atoms with van der Waals surface area (Å²) in [5, 5.41) is 0. The van der Waals surface area contributed by atoms with E-state index in [-0.39, 0.29) is 64.0 Å². The first-order valence-electron chi connectivity index (χ1n) is 11.0. The Hall–Kier alpha value is -2.94. The van der Waals surface area contributed by atoms with E-state index in [1.807, 2.05) is 0 Å². The molecule has 0 aliphatic heterocycles. The van der Waals surface area contributed by atoms with Crippen LogP contribution in [0.25, 0.3) is 0 Å². The third-order valence-electron chi connectivity index (χ3n) is 3.34. The minimum absolute atomic E-state index is 0.206. The van der Waals surface area contributed by atoms with Gasteiger partial charge in [0.05, 0.1) is 26.4 Å². The van der Waals surface area contributed by atoms with E-state index in [0.29, 0.717) is 0 Å². The summed E-state index contributed by atoms with van der Waals surface area (Å²) in [4.78, 5) is 61.7. The zero-order valence-corrected chi connectivity index (χ0v) is 23.9. The van der Waals surface area contributed by atoms with E-state index in [1.165, 1.54) is 13.8 Å². The molecule has 0 saturated heterocycles. The lowest BCUT2D eigenvalue weighted by Gasteiger charge is -2.12. The monoisotopic (exact) mass is 616 g/mol. The number of phosphoric acid groups is 2. The molecule has 0 rings (SSSR count). The van der Waals surface area contributed by atoms with Gasteiger partial charge in [0.25, 0.3) is 0 Å². The molecule has 0 bridgehead atoms. The van der Waals surface area contributed by atoms with Gasteiger partial charge in [-0.1, -0.05) is 26.3 Å². The zero-order valence-electron chi connectivity index (χ0n) is 22.1. The van der Waals surface area contributed by atoms with Gasteiger partial charge in [0.1, 0.15) is 26.4 Å². The molecule has 0 fully saturated rings. The maximum absolute atomic E-state index is 11.4. The zero-order chi connectivity index (χ0) is 31.2. The number of carbonyl (C=O) groups is 4. The fourth-order valence-corrected chi connectivity index (χ4v) is 2.97. The molecule has 0 aromatic carbocycles. The molecular formula is C22H34O16P2. The van der Waals surface area contributed by atoms with E-state index in [1.54, 1.807) is 0 Å². The first kappa shape index (κ1) is 39.2. The van der Waals surface area contributed by atoms with Crippen molar-refractivity contribution in [1.29, 1.82) is 0 Å². The summed E-state index contributed by atoms with van der Waals surface area (Å²) in [5.41, 5.74) is 0.413. The van der Waals surface area contributed by atoms with Crippen molar-refractivity contribution in [3.8, 4) is 0 Å². The average Bonchev–Trinajstić information content (AvgIpc) is 2.89. The van der Waals surface area contributed by atoms with Crippen LogP contribution in [0.1, 0.15) is 13.8 Å². The molecule has 16 nitrogen and oxygen atoms in total. The van der Waals surface area contributed by atoms with Gasteiger partial charge < -0.3 is 28.7 Å². The van der Waals surface area contributed by atoms with Crippen LogP contribution < -0.4 is 0 Å². The molecule has 0 aliphatic rings. The second kappa shape index (κ2) is 21.8. The lowest BCUT2D eigenvalue weighted by molar-refractivity contribution is -0.140. The molecule has 0 aliphatic carbocycles. The Bertz CT molecular complexity index is 919. The molecule has 0 aromatic rings. The van der Waals surface area contributed by atoms with Gasteiger partial charge in [0, 0.05) is 23.3 Å². The standard InChI is InChI=1S/C12H19O8P.C10H15O8P/c1-9(2)11(13)17-5-7-19-21(15,16)20-8-6-18-12(14)10(3)4;1-3-9(11)15-5-7-17-19(13,14)18-8-6-16-10(12)4-2/h1,3,5-8H2,2,4H3,(H,15,16);3-4H,1-2,5-8H2,(H,13,14). The Morgan fingerprint density at radius 2 is 0.825 bits per heavy atom. The Morgan fingerprint density at radius 3 is 1.05 bits per heavy atom. The first-order chi connectivity index (χ1) is 18.6. The smallest absolute Gasteiger partial charge is 0.460 e. The highest BCUT2D eigenvalue weighted by Crippen LogP contribution is 2.43. The SMILES string of the molecule is C=C(C)C(=O)OCCOP(=O)(O)OCCOC(=O)C(=C)C.C=CC(=O)OCCOP(=O)(O)OCCOC(=O)C=C.